The molecule has 1 saturated carbocycles. The monoisotopic (exact) mass is 376 g/mol. The smallest absolute Gasteiger partial charge is 0.362 e. The van der Waals surface area contributed by atoms with Gasteiger partial charge >= 0.3 is 7.60 Å². The third-order valence-electron chi connectivity index (χ3n) is 6.90. The summed E-state index contributed by atoms with van der Waals surface area (Å²) >= 11 is 0. The molecule has 0 unspecified atom stereocenters. The largest absolute Gasteiger partial charge is 0.377 e. The van der Waals surface area contributed by atoms with Gasteiger partial charge in [0, 0.05) is 32.0 Å². The van der Waals surface area contributed by atoms with Crippen LogP contribution in [-0.2, 0) is 13.6 Å². The first-order valence-corrected chi connectivity index (χ1v) is 11.3. The summed E-state index contributed by atoms with van der Waals surface area (Å²) in [6.07, 6.45) is 7.18. The van der Waals surface area contributed by atoms with Crippen LogP contribution >= 0.6 is 7.60 Å². The quantitative estimate of drug-likeness (QED) is 0.576. The first-order chi connectivity index (χ1) is 12.6. The van der Waals surface area contributed by atoms with Crippen LogP contribution in [0, 0.1) is 11.8 Å². The standard InChI is InChI=1S/C21H29O4P/c1-24-26(23,25-2)21(22)18-13-8-14-19(21)20(15-9-4-3-5-10-15)17-12-7-6-11-16(17)18/h3-5,9-10,18-20,22H,6-8,11-14H2,1-2H3/t18-,19+,20+,21+/m0/s1. The van der Waals surface area contributed by atoms with Crippen molar-refractivity contribution in [3.05, 3.63) is 47.0 Å². The van der Waals surface area contributed by atoms with Gasteiger partial charge in [0.05, 0.1) is 0 Å². The fourth-order valence-electron chi connectivity index (χ4n) is 5.87. The summed E-state index contributed by atoms with van der Waals surface area (Å²) in [4.78, 5) is 0. The summed E-state index contributed by atoms with van der Waals surface area (Å²) in [5.41, 5.74) is 4.03. The van der Waals surface area contributed by atoms with Crippen molar-refractivity contribution in [1.29, 1.82) is 0 Å². The molecule has 3 aliphatic rings. The van der Waals surface area contributed by atoms with Crippen molar-refractivity contribution in [2.24, 2.45) is 11.8 Å². The maximum absolute atomic E-state index is 13.6. The van der Waals surface area contributed by atoms with Crippen LogP contribution in [0.15, 0.2) is 41.5 Å². The van der Waals surface area contributed by atoms with Gasteiger partial charge in [0.15, 0.2) is 5.34 Å². The second-order valence-electron chi connectivity index (χ2n) is 7.88. The highest BCUT2D eigenvalue weighted by atomic mass is 31.2. The van der Waals surface area contributed by atoms with E-state index in [0.29, 0.717) is 0 Å². The van der Waals surface area contributed by atoms with E-state index < -0.39 is 12.9 Å². The molecule has 4 atom stereocenters. The number of aliphatic hydroxyl groups is 1. The van der Waals surface area contributed by atoms with Crippen molar-refractivity contribution < 1.29 is 18.7 Å². The van der Waals surface area contributed by atoms with E-state index in [1.54, 1.807) is 0 Å². The highest BCUT2D eigenvalue weighted by molar-refractivity contribution is 7.55. The first kappa shape index (κ1) is 18.4. The van der Waals surface area contributed by atoms with Gasteiger partial charge in [-0.1, -0.05) is 47.9 Å². The summed E-state index contributed by atoms with van der Waals surface area (Å²) < 4.78 is 24.4. The molecule has 0 saturated heterocycles. The Labute approximate surface area is 156 Å². The molecule has 0 amide bonds. The molecule has 1 N–H and O–H groups in total. The molecule has 4 nitrogen and oxygen atoms in total. The van der Waals surface area contributed by atoms with Crippen molar-refractivity contribution in [3.8, 4) is 0 Å². The van der Waals surface area contributed by atoms with Crippen LogP contribution < -0.4 is 0 Å². The number of hydrogen-bond donors (Lipinski definition) is 1. The highest BCUT2D eigenvalue weighted by Gasteiger charge is 2.65. The van der Waals surface area contributed by atoms with E-state index in [-0.39, 0.29) is 17.8 Å². The lowest BCUT2D eigenvalue weighted by molar-refractivity contribution is -0.0529. The molecule has 5 heteroatoms. The van der Waals surface area contributed by atoms with Crippen molar-refractivity contribution in [2.45, 2.75) is 56.2 Å². The average molecular weight is 376 g/mol. The maximum atomic E-state index is 13.6. The third-order valence-corrected chi connectivity index (χ3v) is 9.38. The van der Waals surface area contributed by atoms with E-state index in [2.05, 4.69) is 24.3 Å². The highest BCUT2D eigenvalue weighted by Crippen LogP contribution is 2.73. The lowest BCUT2D eigenvalue weighted by Crippen LogP contribution is -2.54. The minimum Gasteiger partial charge on any atom is -0.377 e. The van der Waals surface area contributed by atoms with E-state index in [0.717, 1.165) is 38.5 Å². The Hall–Kier alpha value is -0.930. The van der Waals surface area contributed by atoms with Crippen molar-refractivity contribution >= 4 is 7.60 Å². The zero-order valence-corrected chi connectivity index (χ0v) is 16.6. The van der Waals surface area contributed by atoms with Gasteiger partial charge in [0.1, 0.15) is 0 Å². The van der Waals surface area contributed by atoms with Crippen LogP contribution in [-0.4, -0.2) is 24.7 Å². The molecular formula is C21H29O4P. The number of hydrogen-bond acceptors (Lipinski definition) is 4. The Balaban J connectivity index is 1.94. The number of allylic oxidation sites excluding steroid dienone is 1. The molecule has 1 aromatic carbocycles. The third kappa shape index (κ3) is 2.50. The van der Waals surface area contributed by atoms with Gasteiger partial charge in [-0.2, -0.15) is 0 Å². The lowest BCUT2D eigenvalue weighted by Gasteiger charge is -2.56. The minimum atomic E-state index is -3.65. The number of rotatable bonds is 4. The molecule has 4 rings (SSSR count). The zero-order chi connectivity index (χ0) is 18.4. The molecule has 2 bridgehead atoms. The Bertz CT molecular complexity index is 736. The van der Waals surface area contributed by atoms with Crippen LogP contribution in [0.3, 0.4) is 0 Å². The summed E-state index contributed by atoms with van der Waals surface area (Å²) in [7, 11) is -0.840. The normalized spacial score (nSPS) is 34.5. The van der Waals surface area contributed by atoms with E-state index in [4.69, 9.17) is 9.05 Å². The van der Waals surface area contributed by atoms with Gasteiger partial charge in [0.25, 0.3) is 0 Å². The topological polar surface area (TPSA) is 55.8 Å². The van der Waals surface area contributed by atoms with Crippen LogP contribution in [0.5, 0.6) is 0 Å². The van der Waals surface area contributed by atoms with Gasteiger partial charge < -0.3 is 14.2 Å². The second-order valence-corrected chi connectivity index (χ2v) is 10.3. The van der Waals surface area contributed by atoms with Gasteiger partial charge in [0.2, 0.25) is 0 Å². The molecule has 0 aliphatic heterocycles. The second kappa shape index (κ2) is 6.91. The Morgan fingerprint density at radius 2 is 1.65 bits per heavy atom. The number of benzene rings is 1. The van der Waals surface area contributed by atoms with Crippen LogP contribution in [0.1, 0.15) is 56.4 Å². The van der Waals surface area contributed by atoms with E-state index in [9.17, 15) is 9.67 Å². The summed E-state index contributed by atoms with van der Waals surface area (Å²) in [6, 6.07) is 10.4. The van der Waals surface area contributed by atoms with Crippen LogP contribution in [0.4, 0.5) is 0 Å². The molecule has 0 aromatic heterocycles. The Morgan fingerprint density at radius 1 is 1.00 bits per heavy atom. The molecule has 0 spiro atoms. The van der Waals surface area contributed by atoms with Crippen LogP contribution in [0.25, 0.3) is 0 Å². The SMILES string of the molecule is COP(=O)(OC)[C@@]1(O)[C@@H]2CCC[C@H]1C1=C(CCCC1)[C@H]2c1ccccc1. The van der Waals surface area contributed by atoms with Crippen molar-refractivity contribution in [3.63, 3.8) is 0 Å². The summed E-state index contributed by atoms with van der Waals surface area (Å²) in [6.45, 7) is 0. The van der Waals surface area contributed by atoms with E-state index in [1.165, 1.54) is 37.4 Å². The molecule has 0 radical (unpaired) electrons. The summed E-state index contributed by atoms with van der Waals surface area (Å²) in [5, 5.41) is 10.6. The molecule has 26 heavy (non-hydrogen) atoms. The maximum Gasteiger partial charge on any atom is 0.362 e. The zero-order valence-electron chi connectivity index (χ0n) is 15.7. The van der Waals surface area contributed by atoms with Crippen LogP contribution in [0.2, 0.25) is 0 Å². The van der Waals surface area contributed by atoms with E-state index >= 15 is 0 Å². The average Bonchev–Trinajstić information content (AvgIpc) is 2.68. The van der Waals surface area contributed by atoms with Crippen molar-refractivity contribution in [2.75, 3.05) is 14.2 Å². The van der Waals surface area contributed by atoms with Gasteiger partial charge in [-0.05, 0) is 44.1 Å². The molecule has 3 aliphatic carbocycles. The minimum absolute atomic E-state index is 0.103. The fraction of sp³-hybridized carbons (Fsp3) is 0.619. The molecule has 142 valence electrons. The Kier molecular flexibility index (Phi) is 4.90. The van der Waals surface area contributed by atoms with Gasteiger partial charge in [-0.3, -0.25) is 4.57 Å². The molecule has 1 fully saturated rings. The molecule has 0 heterocycles. The predicted molar refractivity (Wildman–Crippen MR) is 102 cm³/mol. The van der Waals surface area contributed by atoms with E-state index in [1.807, 2.05) is 6.07 Å². The van der Waals surface area contributed by atoms with Gasteiger partial charge in [-0.25, -0.2) is 0 Å². The molecular weight excluding hydrogens is 347 g/mol. The van der Waals surface area contributed by atoms with Gasteiger partial charge in [-0.15, -0.1) is 0 Å². The lowest BCUT2D eigenvalue weighted by atomic mass is 9.57. The fourth-order valence-corrected chi connectivity index (χ4v) is 7.96. The predicted octanol–water partition coefficient (Wildman–Crippen LogP) is 5.25. The van der Waals surface area contributed by atoms with Crippen molar-refractivity contribution in [1.82, 2.24) is 0 Å². The summed E-state index contributed by atoms with van der Waals surface area (Å²) in [5.74, 6) is -0.139. The first-order valence-electron chi connectivity index (χ1n) is 9.77. The number of fused-ring (bicyclic) bond motifs is 3. The Morgan fingerprint density at radius 3 is 2.31 bits per heavy atom. The molecule has 1 aromatic rings.